The Balaban J connectivity index is 2.71. The standard InChI is InChI=1S/C15H22ClN3O6/c1-8-9(7-10(19(23)24)13(16)18-8)12(21)11(20)5-6-17-14(22)25-15(2,3)4/h7,11-12,20-21H,5-6H2,1-4H3,(H,17,22). The zero-order valence-corrected chi connectivity index (χ0v) is 15.2. The van der Waals surface area contributed by atoms with Crippen molar-refractivity contribution in [2.45, 2.75) is 51.9 Å². The van der Waals surface area contributed by atoms with E-state index in [0.717, 1.165) is 6.07 Å². The van der Waals surface area contributed by atoms with Gasteiger partial charge >= 0.3 is 11.8 Å². The Bertz CT molecular complexity index is 647. The molecule has 3 N–H and O–H groups in total. The van der Waals surface area contributed by atoms with Crippen molar-refractivity contribution in [1.82, 2.24) is 10.3 Å². The molecule has 1 aromatic heterocycles. The maximum atomic E-state index is 11.5. The summed E-state index contributed by atoms with van der Waals surface area (Å²) in [6, 6.07) is 1.08. The fourth-order valence-corrected chi connectivity index (χ4v) is 2.26. The Morgan fingerprint density at radius 3 is 2.60 bits per heavy atom. The summed E-state index contributed by atoms with van der Waals surface area (Å²) in [6.07, 6.45) is -3.31. The van der Waals surface area contributed by atoms with Crippen molar-refractivity contribution >= 4 is 23.4 Å². The number of rotatable bonds is 6. The fraction of sp³-hybridized carbons (Fsp3) is 0.600. The van der Waals surface area contributed by atoms with Crippen molar-refractivity contribution in [2.75, 3.05) is 6.54 Å². The maximum absolute atomic E-state index is 11.5. The molecule has 140 valence electrons. The first-order valence-electron chi connectivity index (χ1n) is 7.56. The van der Waals surface area contributed by atoms with Crippen LogP contribution in [0.3, 0.4) is 0 Å². The third-order valence-corrected chi connectivity index (χ3v) is 3.45. The number of nitrogens with zero attached hydrogens (tertiary/aromatic N) is 2. The van der Waals surface area contributed by atoms with E-state index in [1.165, 1.54) is 6.92 Å². The minimum Gasteiger partial charge on any atom is -0.444 e. The van der Waals surface area contributed by atoms with Crippen LogP contribution in [0.5, 0.6) is 0 Å². The van der Waals surface area contributed by atoms with Crippen LogP contribution in [-0.4, -0.2) is 44.5 Å². The number of aliphatic hydroxyl groups excluding tert-OH is 2. The number of nitro groups is 1. The summed E-state index contributed by atoms with van der Waals surface area (Å²) in [5, 5.41) is 33.4. The number of pyridine rings is 1. The lowest BCUT2D eigenvalue weighted by Gasteiger charge is -2.21. The van der Waals surface area contributed by atoms with E-state index >= 15 is 0 Å². The summed E-state index contributed by atoms with van der Waals surface area (Å²) in [4.78, 5) is 25.5. The summed E-state index contributed by atoms with van der Waals surface area (Å²) >= 11 is 5.69. The summed E-state index contributed by atoms with van der Waals surface area (Å²) < 4.78 is 5.05. The van der Waals surface area contributed by atoms with E-state index in [4.69, 9.17) is 16.3 Å². The largest absolute Gasteiger partial charge is 0.444 e. The summed E-state index contributed by atoms with van der Waals surface area (Å²) in [5.74, 6) is 0. The number of ether oxygens (including phenoxy) is 1. The van der Waals surface area contributed by atoms with Crippen LogP contribution in [0.15, 0.2) is 6.07 Å². The number of aromatic nitrogens is 1. The van der Waals surface area contributed by atoms with Gasteiger partial charge in [0, 0.05) is 23.9 Å². The predicted molar refractivity (Wildman–Crippen MR) is 90.5 cm³/mol. The molecule has 0 bridgehead atoms. The molecule has 1 aromatic rings. The molecule has 9 nitrogen and oxygen atoms in total. The maximum Gasteiger partial charge on any atom is 0.407 e. The van der Waals surface area contributed by atoms with Gasteiger partial charge in [0.05, 0.1) is 11.0 Å². The van der Waals surface area contributed by atoms with Crippen molar-refractivity contribution in [3.63, 3.8) is 0 Å². The monoisotopic (exact) mass is 375 g/mol. The number of aryl methyl sites for hydroxylation is 1. The van der Waals surface area contributed by atoms with E-state index in [9.17, 15) is 25.1 Å². The molecule has 0 aromatic carbocycles. The van der Waals surface area contributed by atoms with Crippen LogP contribution in [0.4, 0.5) is 10.5 Å². The van der Waals surface area contributed by atoms with Crippen LogP contribution in [0.25, 0.3) is 0 Å². The molecule has 25 heavy (non-hydrogen) atoms. The highest BCUT2D eigenvalue weighted by Crippen LogP contribution is 2.29. The normalized spacial score (nSPS) is 13.9. The first-order valence-corrected chi connectivity index (χ1v) is 7.94. The molecule has 0 aliphatic carbocycles. The minimum atomic E-state index is -1.41. The second-order valence-corrected chi connectivity index (χ2v) is 6.82. The van der Waals surface area contributed by atoms with Crippen LogP contribution in [0, 0.1) is 17.0 Å². The smallest absolute Gasteiger partial charge is 0.407 e. The van der Waals surface area contributed by atoms with E-state index in [-0.39, 0.29) is 29.4 Å². The molecule has 1 rings (SSSR count). The first-order chi connectivity index (χ1) is 11.4. The van der Waals surface area contributed by atoms with Crippen LogP contribution >= 0.6 is 11.6 Å². The average Bonchev–Trinajstić information content (AvgIpc) is 2.44. The Hall–Kier alpha value is -1.97. The Labute approximate surface area is 150 Å². The van der Waals surface area contributed by atoms with Crippen LogP contribution in [0.1, 0.15) is 44.6 Å². The molecule has 1 heterocycles. The zero-order chi connectivity index (χ0) is 19.4. The number of halogens is 1. The number of hydrogen-bond acceptors (Lipinski definition) is 7. The Morgan fingerprint density at radius 2 is 2.08 bits per heavy atom. The van der Waals surface area contributed by atoms with Crippen molar-refractivity contribution < 1.29 is 24.7 Å². The third-order valence-electron chi connectivity index (χ3n) is 3.18. The third kappa shape index (κ3) is 6.45. The average molecular weight is 376 g/mol. The molecular formula is C15H22ClN3O6. The molecule has 0 saturated carbocycles. The highest BCUT2D eigenvalue weighted by molar-refractivity contribution is 6.31. The quantitative estimate of drug-likeness (QED) is 0.394. The number of hydrogen-bond donors (Lipinski definition) is 3. The van der Waals surface area contributed by atoms with Crippen molar-refractivity contribution in [3.05, 3.63) is 32.6 Å². The highest BCUT2D eigenvalue weighted by Gasteiger charge is 2.25. The molecule has 0 radical (unpaired) electrons. The van der Waals surface area contributed by atoms with E-state index in [1.54, 1.807) is 20.8 Å². The van der Waals surface area contributed by atoms with E-state index < -0.39 is 34.5 Å². The van der Waals surface area contributed by atoms with Crippen molar-refractivity contribution in [3.8, 4) is 0 Å². The lowest BCUT2D eigenvalue weighted by molar-refractivity contribution is -0.385. The molecule has 1 amide bonds. The van der Waals surface area contributed by atoms with E-state index in [2.05, 4.69) is 10.3 Å². The van der Waals surface area contributed by atoms with Crippen molar-refractivity contribution in [1.29, 1.82) is 0 Å². The van der Waals surface area contributed by atoms with Gasteiger partial charge in [-0.3, -0.25) is 10.1 Å². The minimum absolute atomic E-state index is 0.0102. The highest BCUT2D eigenvalue weighted by atomic mass is 35.5. The second-order valence-electron chi connectivity index (χ2n) is 6.46. The summed E-state index contributed by atoms with van der Waals surface area (Å²) in [5.41, 5.74) is -0.740. The molecule has 0 fully saturated rings. The lowest BCUT2D eigenvalue weighted by Crippen LogP contribution is -2.34. The van der Waals surface area contributed by atoms with Crippen LogP contribution in [0.2, 0.25) is 5.15 Å². The summed E-state index contributed by atoms with van der Waals surface area (Å²) in [6.45, 7) is 6.71. The van der Waals surface area contributed by atoms with Gasteiger partial charge in [0.15, 0.2) is 0 Å². The van der Waals surface area contributed by atoms with E-state index in [1.807, 2.05) is 0 Å². The molecule has 2 unspecified atom stereocenters. The number of alkyl carbamates (subject to hydrolysis) is 1. The number of aliphatic hydroxyl groups is 2. The predicted octanol–water partition coefficient (Wildman–Crippen LogP) is 2.26. The molecule has 10 heteroatoms. The van der Waals surface area contributed by atoms with E-state index in [0.29, 0.717) is 0 Å². The first kappa shape index (κ1) is 21.1. The molecule has 0 aliphatic heterocycles. The second kappa shape index (κ2) is 8.41. The Morgan fingerprint density at radius 1 is 1.48 bits per heavy atom. The van der Waals surface area contributed by atoms with Crippen LogP contribution < -0.4 is 5.32 Å². The van der Waals surface area contributed by atoms with Gasteiger partial charge in [-0.05, 0) is 34.1 Å². The molecule has 0 spiro atoms. The molecule has 0 aliphatic rings. The van der Waals surface area contributed by atoms with Gasteiger partial charge in [0.1, 0.15) is 11.7 Å². The molecule has 2 atom stereocenters. The van der Waals surface area contributed by atoms with Gasteiger partial charge in [-0.1, -0.05) is 11.6 Å². The fourth-order valence-electron chi connectivity index (χ4n) is 2.01. The number of carbonyl (C=O) groups excluding carboxylic acids is 1. The topological polar surface area (TPSA) is 135 Å². The van der Waals surface area contributed by atoms with Gasteiger partial charge in [0.25, 0.3) is 0 Å². The van der Waals surface area contributed by atoms with Crippen molar-refractivity contribution in [2.24, 2.45) is 0 Å². The zero-order valence-electron chi connectivity index (χ0n) is 14.4. The van der Waals surface area contributed by atoms with Crippen LogP contribution in [-0.2, 0) is 4.74 Å². The van der Waals surface area contributed by atoms with Gasteiger partial charge in [-0.2, -0.15) is 0 Å². The molecule has 0 saturated heterocycles. The van der Waals surface area contributed by atoms with Gasteiger partial charge in [-0.15, -0.1) is 0 Å². The number of carbonyl (C=O) groups is 1. The lowest BCUT2D eigenvalue weighted by atomic mass is 10.0. The molecular weight excluding hydrogens is 354 g/mol. The number of nitrogens with one attached hydrogen (secondary N) is 1. The van der Waals surface area contributed by atoms with Gasteiger partial charge < -0.3 is 20.3 Å². The SMILES string of the molecule is Cc1nc(Cl)c([N+](=O)[O-])cc1C(O)C(O)CCNC(=O)OC(C)(C)C. The summed E-state index contributed by atoms with van der Waals surface area (Å²) in [7, 11) is 0. The Kier molecular flexibility index (Phi) is 7.09. The van der Waals surface area contributed by atoms with Gasteiger partial charge in [0.2, 0.25) is 5.15 Å². The number of amides is 1. The van der Waals surface area contributed by atoms with Gasteiger partial charge in [-0.25, -0.2) is 9.78 Å².